The lowest BCUT2D eigenvalue weighted by molar-refractivity contribution is -0.132. The number of rotatable bonds is 5. The first-order valence-corrected chi connectivity index (χ1v) is 10.2. The molecule has 2 aliphatic rings. The Morgan fingerprint density at radius 1 is 1.19 bits per heavy atom. The van der Waals surface area contributed by atoms with Crippen molar-refractivity contribution in [2.45, 2.75) is 32.5 Å². The van der Waals surface area contributed by atoms with E-state index in [1.807, 2.05) is 16.5 Å². The van der Waals surface area contributed by atoms with Gasteiger partial charge in [-0.3, -0.25) is 14.4 Å². The van der Waals surface area contributed by atoms with Crippen molar-refractivity contribution in [1.29, 1.82) is 0 Å². The Hall–Kier alpha value is -1.77. The highest BCUT2D eigenvalue weighted by Gasteiger charge is 2.21. The Balaban J connectivity index is 1.30. The van der Waals surface area contributed by atoms with Gasteiger partial charge in [-0.25, -0.2) is 4.98 Å². The molecule has 0 aromatic carbocycles. The molecule has 0 saturated carbocycles. The molecule has 0 aliphatic carbocycles. The Morgan fingerprint density at radius 3 is 2.81 bits per heavy atom. The van der Waals surface area contributed by atoms with E-state index in [0.29, 0.717) is 6.42 Å². The third-order valence-electron chi connectivity index (χ3n) is 5.22. The van der Waals surface area contributed by atoms with Gasteiger partial charge in [0.1, 0.15) is 5.01 Å². The molecule has 1 saturated heterocycles. The summed E-state index contributed by atoms with van der Waals surface area (Å²) in [6.45, 7) is 7.35. The topological polar surface area (TPSA) is 57.5 Å². The Bertz CT molecular complexity index is 735. The normalized spacial score (nSPS) is 18.9. The second-order valence-corrected chi connectivity index (χ2v) is 8.15. The molecule has 1 fully saturated rings. The number of hydrogen-bond donors (Lipinski definition) is 0. The van der Waals surface area contributed by atoms with Crippen LogP contribution in [-0.2, 0) is 30.8 Å². The van der Waals surface area contributed by atoms with Crippen molar-refractivity contribution >= 4 is 17.2 Å². The number of aromatic nitrogens is 3. The number of amides is 1. The molecule has 1 amide bonds. The molecule has 7 nitrogen and oxygen atoms in total. The monoisotopic (exact) mass is 374 g/mol. The molecule has 140 valence electrons. The van der Waals surface area contributed by atoms with Crippen molar-refractivity contribution in [3.05, 3.63) is 34.0 Å². The van der Waals surface area contributed by atoms with Crippen LogP contribution in [0.25, 0.3) is 0 Å². The fourth-order valence-electron chi connectivity index (χ4n) is 3.61. The quantitative estimate of drug-likeness (QED) is 0.783. The van der Waals surface area contributed by atoms with Gasteiger partial charge in [0.2, 0.25) is 5.91 Å². The Labute approximate surface area is 158 Å². The zero-order valence-electron chi connectivity index (χ0n) is 15.3. The average molecular weight is 375 g/mol. The maximum atomic E-state index is 12.4. The predicted octanol–water partition coefficient (Wildman–Crippen LogP) is 1.06. The summed E-state index contributed by atoms with van der Waals surface area (Å²) >= 11 is 1.71. The minimum absolute atomic E-state index is 0.259. The van der Waals surface area contributed by atoms with Gasteiger partial charge in [0, 0.05) is 63.7 Å². The van der Waals surface area contributed by atoms with Crippen LogP contribution >= 0.6 is 11.3 Å². The lowest BCUT2D eigenvalue weighted by Gasteiger charge is -2.32. The van der Waals surface area contributed by atoms with Gasteiger partial charge in [0.05, 0.1) is 24.5 Å². The molecule has 0 atom stereocenters. The zero-order chi connectivity index (χ0) is 17.9. The fourth-order valence-corrected chi connectivity index (χ4v) is 4.27. The van der Waals surface area contributed by atoms with E-state index in [2.05, 4.69) is 32.6 Å². The first-order chi connectivity index (χ1) is 12.7. The standard InChI is InChI=1S/C18H26N6OS/c1-21-5-8-23(9-6-21)18(25)3-2-15-12-16-13-22(7-10-24(16)20-15)14-17-19-4-11-26-17/h4,11-12H,2-3,5-10,13-14H2,1H3. The molecule has 0 spiro atoms. The Morgan fingerprint density at radius 2 is 2.04 bits per heavy atom. The molecule has 2 aromatic rings. The van der Waals surface area contributed by atoms with Gasteiger partial charge >= 0.3 is 0 Å². The van der Waals surface area contributed by atoms with Gasteiger partial charge in [-0.15, -0.1) is 11.3 Å². The molecular weight excluding hydrogens is 348 g/mol. The number of hydrogen-bond acceptors (Lipinski definition) is 6. The maximum absolute atomic E-state index is 12.4. The number of carbonyl (C=O) groups is 1. The average Bonchev–Trinajstić information content (AvgIpc) is 3.29. The summed E-state index contributed by atoms with van der Waals surface area (Å²) in [5.74, 6) is 0.259. The first kappa shape index (κ1) is 17.6. The number of aryl methyl sites for hydroxylation is 1. The molecule has 0 N–H and O–H groups in total. The van der Waals surface area contributed by atoms with Crippen molar-refractivity contribution in [1.82, 2.24) is 29.5 Å². The van der Waals surface area contributed by atoms with E-state index in [1.54, 1.807) is 11.3 Å². The van der Waals surface area contributed by atoms with Crippen LogP contribution in [0, 0.1) is 0 Å². The summed E-state index contributed by atoms with van der Waals surface area (Å²) < 4.78 is 2.11. The maximum Gasteiger partial charge on any atom is 0.223 e. The number of likely N-dealkylation sites (N-methyl/N-ethyl adjacent to an activating group) is 1. The summed E-state index contributed by atoms with van der Waals surface area (Å²) in [4.78, 5) is 23.5. The molecular formula is C18H26N6OS. The third-order valence-corrected chi connectivity index (χ3v) is 5.99. The number of carbonyl (C=O) groups excluding carboxylic acids is 1. The van der Waals surface area contributed by atoms with Crippen molar-refractivity contribution < 1.29 is 4.79 Å². The van der Waals surface area contributed by atoms with E-state index in [9.17, 15) is 4.79 Å². The molecule has 0 bridgehead atoms. The molecule has 2 aromatic heterocycles. The van der Waals surface area contributed by atoms with Gasteiger partial charge < -0.3 is 9.80 Å². The van der Waals surface area contributed by atoms with Crippen molar-refractivity contribution in [2.75, 3.05) is 39.8 Å². The van der Waals surface area contributed by atoms with Crippen LogP contribution in [0.4, 0.5) is 0 Å². The van der Waals surface area contributed by atoms with Crippen LogP contribution in [-0.4, -0.2) is 75.1 Å². The summed E-state index contributed by atoms with van der Waals surface area (Å²) in [5, 5.41) is 7.90. The second-order valence-electron chi connectivity index (χ2n) is 7.17. The lowest BCUT2D eigenvalue weighted by Crippen LogP contribution is -2.47. The molecule has 26 heavy (non-hydrogen) atoms. The van der Waals surface area contributed by atoms with E-state index in [0.717, 1.165) is 69.5 Å². The van der Waals surface area contributed by atoms with Crippen LogP contribution in [0.5, 0.6) is 0 Å². The van der Waals surface area contributed by atoms with E-state index < -0.39 is 0 Å². The largest absolute Gasteiger partial charge is 0.340 e. The SMILES string of the molecule is CN1CCN(C(=O)CCc2cc3n(n2)CCN(Cc2nccs2)C3)CC1. The lowest BCUT2D eigenvalue weighted by atomic mass is 10.2. The van der Waals surface area contributed by atoms with Gasteiger partial charge in [0.15, 0.2) is 0 Å². The van der Waals surface area contributed by atoms with Crippen molar-refractivity contribution in [3.63, 3.8) is 0 Å². The van der Waals surface area contributed by atoms with Gasteiger partial charge in [-0.1, -0.05) is 0 Å². The van der Waals surface area contributed by atoms with Crippen LogP contribution in [0.1, 0.15) is 22.8 Å². The predicted molar refractivity (Wildman–Crippen MR) is 101 cm³/mol. The third kappa shape index (κ3) is 4.13. The highest BCUT2D eigenvalue weighted by Crippen LogP contribution is 2.18. The highest BCUT2D eigenvalue weighted by atomic mass is 32.1. The molecule has 0 radical (unpaired) electrons. The summed E-state index contributed by atoms with van der Waals surface area (Å²) in [6.07, 6.45) is 3.16. The molecule has 2 aliphatic heterocycles. The number of nitrogens with zero attached hydrogens (tertiary/aromatic N) is 6. The van der Waals surface area contributed by atoms with Crippen LogP contribution < -0.4 is 0 Å². The molecule has 8 heteroatoms. The van der Waals surface area contributed by atoms with Crippen LogP contribution in [0.2, 0.25) is 0 Å². The number of thiazole rings is 1. The smallest absolute Gasteiger partial charge is 0.223 e. The van der Waals surface area contributed by atoms with E-state index >= 15 is 0 Å². The highest BCUT2D eigenvalue weighted by molar-refractivity contribution is 7.09. The second kappa shape index (κ2) is 7.85. The Kier molecular flexibility index (Phi) is 5.33. The van der Waals surface area contributed by atoms with E-state index in [-0.39, 0.29) is 5.91 Å². The van der Waals surface area contributed by atoms with Crippen molar-refractivity contribution in [2.24, 2.45) is 0 Å². The summed E-state index contributed by atoms with van der Waals surface area (Å²) in [7, 11) is 2.11. The van der Waals surface area contributed by atoms with Crippen molar-refractivity contribution in [3.8, 4) is 0 Å². The zero-order valence-corrected chi connectivity index (χ0v) is 16.1. The van der Waals surface area contributed by atoms with Crippen LogP contribution in [0.15, 0.2) is 17.6 Å². The number of fused-ring (bicyclic) bond motifs is 1. The van der Waals surface area contributed by atoms with Gasteiger partial charge in [0.25, 0.3) is 0 Å². The molecule has 4 heterocycles. The first-order valence-electron chi connectivity index (χ1n) is 9.30. The molecule has 4 rings (SSSR count). The fraction of sp³-hybridized carbons (Fsp3) is 0.611. The number of piperazine rings is 1. The van der Waals surface area contributed by atoms with Gasteiger partial charge in [-0.2, -0.15) is 5.10 Å². The van der Waals surface area contributed by atoms with Crippen LogP contribution in [0.3, 0.4) is 0 Å². The minimum atomic E-state index is 0.259. The summed E-state index contributed by atoms with van der Waals surface area (Å²) in [6, 6.07) is 2.17. The summed E-state index contributed by atoms with van der Waals surface area (Å²) in [5.41, 5.74) is 2.29. The van der Waals surface area contributed by atoms with Gasteiger partial charge in [-0.05, 0) is 13.1 Å². The van der Waals surface area contributed by atoms with E-state index in [1.165, 1.54) is 5.69 Å². The minimum Gasteiger partial charge on any atom is -0.340 e. The van der Waals surface area contributed by atoms with E-state index in [4.69, 9.17) is 5.10 Å². The molecule has 0 unspecified atom stereocenters.